The molecule has 1 aromatic carbocycles. The highest BCUT2D eigenvalue weighted by Gasteiger charge is 2.23. The fraction of sp³-hybridized carbons (Fsp3) is 0.455. The van der Waals surface area contributed by atoms with E-state index in [2.05, 4.69) is 37.4 Å². The number of benzene rings is 1. The second-order valence-electron chi connectivity index (χ2n) is 3.83. The minimum Gasteiger partial charge on any atom is -0.391 e. The van der Waals surface area contributed by atoms with Gasteiger partial charge in [-0.3, -0.25) is 0 Å². The first kappa shape index (κ1) is 8.57. The normalized spacial score (nSPS) is 26.4. The number of rotatable bonds is 0. The van der Waals surface area contributed by atoms with Crippen LogP contribution < -0.4 is 5.32 Å². The molecule has 0 spiro atoms. The Morgan fingerprint density at radius 2 is 2.23 bits per heavy atom. The Bertz CT molecular complexity index is 322. The van der Waals surface area contributed by atoms with Gasteiger partial charge >= 0.3 is 0 Å². The molecule has 1 heterocycles. The highest BCUT2D eigenvalue weighted by molar-refractivity contribution is 5.56. The van der Waals surface area contributed by atoms with E-state index in [1.54, 1.807) is 0 Å². The van der Waals surface area contributed by atoms with Crippen molar-refractivity contribution in [2.45, 2.75) is 25.9 Å². The Morgan fingerprint density at radius 1 is 1.46 bits per heavy atom. The molecule has 1 aliphatic heterocycles. The number of hydrogen-bond donors (Lipinski definition) is 2. The number of hydrogen-bond acceptors (Lipinski definition) is 2. The van der Waals surface area contributed by atoms with Crippen molar-refractivity contribution in [2.24, 2.45) is 0 Å². The molecule has 2 N–H and O–H groups in total. The van der Waals surface area contributed by atoms with Crippen molar-refractivity contribution < 1.29 is 5.11 Å². The summed E-state index contributed by atoms with van der Waals surface area (Å²) < 4.78 is 0. The minimum absolute atomic E-state index is 0.246. The predicted molar refractivity (Wildman–Crippen MR) is 54.1 cm³/mol. The van der Waals surface area contributed by atoms with Gasteiger partial charge in [-0.1, -0.05) is 24.6 Å². The van der Waals surface area contributed by atoms with Crippen LogP contribution in [0, 0.1) is 6.92 Å². The van der Waals surface area contributed by atoms with Crippen molar-refractivity contribution in [2.75, 3.05) is 11.9 Å². The number of aliphatic hydroxyl groups is 1. The number of nitrogens with one attached hydrogen (secondary N) is 1. The molecule has 2 atom stereocenters. The molecule has 0 aromatic heterocycles. The third-order valence-electron chi connectivity index (χ3n) is 2.78. The molecule has 2 unspecified atom stereocenters. The van der Waals surface area contributed by atoms with E-state index in [9.17, 15) is 5.11 Å². The smallest absolute Gasteiger partial charge is 0.0778 e. The van der Waals surface area contributed by atoms with E-state index in [-0.39, 0.29) is 12.0 Å². The van der Waals surface area contributed by atoms with E-state index in [0.717, 1.165) is 0 Å². The van der Waals surface area contributed by atoms with Crippen LogP contribution in [0.5, 0.6) is 0 Å². The maximum atomic E-state index is 9.65. The topological polar surface area (TPSA) is 32.3 Å². The highest BCUT2D eigenvalue weighted by atomic mass is 16.3. The van der Waals surface area contributed by atoms with E-state index < -0.39 is 0 Å². The average molecular weight is 177 g/mol. The maximum Gasteiger partial charge on any atom is 0.0778 e. The standard InChI is InChI=1S/C11H15NO/c1-7-3-4-10-9(5-7)8(2)11(13)6-12-10/h3-5,8,11-13H,6H2,1-2H3. The summed E-state index contributed by atoms with van der Waals surface area (Å²) >= 11 is 0. The van der Waals surface area contributed by atoms with Gasteiger partial charge in [0.15, 0.2) is 0 Å². The van der Waals surface area contributed by atoms with Crippen LogP contribution in [-0.2, 0) is 0 Å². The van der Waals surface area contributed by atoms with Crippen LogP contribution in [0.2, 0.25) is 0 Å². The second-order valence-corrected chi connectivity index (χ2v) is 3.83. The van der Waals surface area contributed by atoms with Crippen LogP contribution >= 0.6 is 0 Å². The van der Waals surface area contributed by atoms with Gasteiger partial charge in [-0.05, 0) is 18.6 Å². The third-order valence-corrected chi connectivity index (χ3v) is 2.78. The van der Waals surface area contributed by atoms with Gasteiger partial charge in [0.1, 0.15) is 0 Å². The molecule has 13 heavy (non-hydrogen) atoms. The lowest BCUT2D eigenvalue weighted by atomic mass is 9.89. The molecule has 0 saturated carbocycles. The number of anilines is 1. The lowest BCUT2D eigenvalue weighted by Gasteiger charge is -2.29. The lowest BCUT2D eigenvalue weighted by molar-refractivity contribution is 0.158. The largest absolute Gasteiger partial charge is 0.391 e. The number of aryl methyl sites for hydroxylation is 1. The zero-order valence-corrected chi connectivity index (χ0v) is 8.04. The summed E-state index contributed by atoms with van der Waals surface area (Å²) in [5, 5.41) is 12.9. The summed E-state index contributed by atoms with van der Waals surface area (Å²) in [6.45, 7) is 4.81. The maximum absolute atomic E-state index is 9.65. The van der Waals surface area contributed by atoms with E-state index in [1.165, 1.54) is 16.8 Å². The molecule has 2 heteroatoms. The van der Waals surface area contributed by atoms with Crippen LogP contribution in [0.4, 0.5) is 5.69 Å². The summed E-state index contributed by atoms with van der Waals surface area (Å²) in [5.41, 5.74) is 3.66. The van der Waals surface area contributed by atoms with Crippen molar-refractivity contribution >= 4 is 5.69 Å². The molecule has 0 fully saturated rings. The molecular weight excluding hydrogens is 162 g/mol. The summed E-state index contributed by atoms with van der Waals surface area (Å²) in [5.74, 6) is 0.246. The molecule has 2 rings (SSSR count). The SMILES string of the molecule is Cc1ccc2c(c1)C(C)C(O)CN2. The zero-order valence-electron chi connectivity index (χ0n) is 8.04. The van der Waals surface area contributed by atoms with Crippen molar-refractivity contribution in [1.82, 2.24) is 0 Å². The van der Waals surface area contributed by atoms with Crippen LogP contribution in [0.3, 0.4) is 0 Å². The van der Waals surface area contributed by atoms with Gasteiger partial charge < -0.3 is 10.4 Å². The van der Waals surface area contributed by atoms with Gasteiger partial charge in [0.05, 0.1) is 6.10 Å². The van der Waals surface area contributed by atoms with Gasteiger partial charge in [-0.2, -0.15) is 0 Å². The lowest BCUT2D eigenvalue weighted by Crippen LogP contribution is -2.30. The molecule has 0 bridgehead atoms. The van der Waals surface area contributed by atoms with Crippen LogP contribution in [0.15, 0.2) is 18.2 Å². The first-order chi connectivity index (χ1) is 6.18. The molecular formula is C11H15NO. The number of β-amino-alcohol motifs (C(OH)–C–C–N with tert-alkyl or cyclic N) is 1. The van der Waals surface area contributed by atoms with Crippen molar-refractivity contribution in [3.63, 3.8) is 0 Å². The van der Waals surface area contributed by atoms with E-state index in [0.29, 0.717) is 6.54 Å². The summed E-state index contributed by atoms with van der Waals surface area (Å²) in [6, 6.07) is 6.33. The Hall–Kier alpha value is -1.02. The van der Waals surface area contributed by atoms with Gasteiger partial charge in [0.25, 0.3) is 0 Å². The van der Waals surface area contributed by atoms with E-state index >= 15 is 0 Å². The van der Waals surface area contributed by atoms with Crippen LogP contribution in [-0.4, -0.2) is 17.8 Å². The van der Waals surface area contributed by atoms with Gasteiger partial charge in [-0.15, -0.1) is 0 Å². The highest BCUT2D eigenvalue weighted by Crippen LogP contribution is 2.31. The van der Waals surface area contributed by atoms with Crippen molar-refractivity contribution in [3.8, 4) is 0 Å². The molecule has 70 valence electrons. The van der Waals surface area contributed by atoms with Gasteiger partial charge in [0, 0.05) is 18.2 Å². The monoisotopic (exact) mass is 177 g/mol. The second kappa shape index (κ2) is 3.04. The average Bonchev–Trinajstić information content (AvgIpc) is 2.12. The fourth-order valence-electron chi connectivity index (χ4n) is 1.82. The van der Waals surface area contributed by atoms with Crippen molar-refractivity contribution in [1.29, 1.82) is 0 Å². The first-order valence-corrected chi connectivity index (χ1v) is 4.71. The molecule has 0 saturated heterocycles. The van der Waals surface area contributed by atoms with Gasteiger partial charge in [-0.25, -0.2) is 0 Å². The minimum atomic E-state index is -0.255. The van der Waals surface area contributed by atoms with E-state index in [1.807, 2.05) is 0 Å². The number of aliphatic hydroxyl groups excluding tert-OH is 1. The fourth-order valence-corrected chi connectivity index (χ4v) is 1.82. The predicted octanol–water partition coefficient (Wildman–Crippen LogP) is 1.88. The van der Waals surface area contributed by atoms with Gasteiger partial charge in [0.2, 0.25) is 0 Å². The molecule has 0 radical (unpaired) electrons. The van der Waals surface area contributed by atoms with Crippen LogP contribution in [0.25, 0.3) is 0 Å². The van der Waals surface area contributed by atoms with Crippen molar-refractivity contribution in [3.05, 3.63) is 29.3 Å². The summed E-state index contributed by atoms with van der Waals surface area (Å²) in [4.78, 5) is 0. The Morgan fingerprint density at radius 3 is 3.00 bits per heavy atom. The van der Waals surface area contributed by atoms with E-state index in [4.69, 9.17) is 0 Å². The Kier molecular flexibility index (Phi) is 2.00. The first-order valence-electron chi connectivity index (χ1n) is 4.71. The molecule has 1 aliphatic rings. The summed E-state index contributed by atoms with van der Waals surface area (Å²) in [7, 11) is 0. The van der Waals surface area contributed by atoms with Crippen LogP contribution in [0.1, 0.15) is 24.0 Å². The Labute approximate surface area is 78.6 Å². The quantitative estimate of drug-likeness (QED) is 0.634. The Balaban J connectivity index is 2.45. The molecule has 1 aromatic rings. The molecule has 2 nitrogen and oxygen atoms in total. The summed E-state index contributed by atoms with van der Waals surface area (Å²) in [6.07, 6.45) is -0.255. The molecule has 0 aliphatic carbocycles. The number of fused-ring (bicyclic) bond motifs is 1. The zero-order chi connectivity index (χ0) is 9.42. The molecule has 0 amide bonds. The third kappa shape index (κ3) is 1.42.